The van der Waals surface area contributed by atoms with Crippen molar-refractivity contribution < 1.29 is 14.3 Å². The normalized spacial score (nSPS) is 10.3. The minimum Gasteiger partial charge on any atom is -0.481 e. The standard InChI is InChI=1S/C13H9ClFNO2/c14-11-7-16-6-10(9(11)5-13(17)18)8-3-1-2-4-12(8)15/h1-4,6-7H,5H2,(H,17,18). The van der Waals surface area contributed by atoms with Crippen LogP contribution < -0.4 is 0 Å². The van der Waals surface area contributed by atoms with Gasteiger partial charge in [0, 0.05) is 23.5 Å². The molecule has 0 atom stereocenters. The monoisotopic (exact) mass is 265 g/mol. The summed E-state index contributed by atoms with van der Waals surface area (Å²) in [7, 11) is 0. The molecule has 0 aliphatic rings. The number of halogens is 2. The van der Waals surface area contributed by atoms with Crippen molar-refractivity contribution in [1.82, 2.24) is 4.98 Å². The van der Waals surface area contributed by atoms with Crippen LogP contribution in [-0.4, -0.2) is 16.1 Å². The van der Waals surface area contributed by atoms with Crippen LogP contribution in [0.25, 0.3) is 11.1 Å². The Balaban J connectivity index is 2.61. The summed E-state index contributed by atoms with van der Waals surface area (Å²) in [5.41, 5.74) is 1.07. The first kappa shape index (κ1) is 12.5. The largest absolute Gasteiger partial charge is 0.481 e. The predicted molar refractivity (Wildman–Crippen MR) is 66.0 cm³/mol. The van der Waals surface area contributed by atoms with E-state index in [0.29, 0.717) is 16.7 Å². The van der Waals surface area contributed by atoms with E-state index in [4.69, 9.17) is 16.7 Å². The van der Waals surface area contributed by atoms with Crippen molar-refractivity contribution in [3.05, 3.63) is 53.1 Å². The van der Waals surface area contributed by atoms with E-state index in [-0.39, 0.29) is 11.4 Å². The zero-order valence-corrected chi connectivity index (χ0v) is 9.99. The molecule has 18 heavy (non-hydrogen) atoms. The lowest BCUT2D eigenvalue weighted by Crippen LogP contribution is -2.04. The van der Waals surface area contributed by atoms with Crippen LogP contribution in [0.15, 0.2) is 36.7 Å². The van der Waals surface area contributed by atoms with E-state index in [9.17, 15) is 9.18 Å². The zero-order chi connectivity index (χ0) is 13.1. The maximum atomic E-state index is 13.7. The van der Waals surface area contributed by atoms with Crippen LogP contribution in [0.2, 0.25) is 5.02 Å². The molecule has 2 rings (SSSR count). The predicted octanol–water partition coefficient (Wildman–Crippen LogP) is 3.17. The Morgan fingerprint density at radius 3 is 2.67 bits per heavy atom. The van der Waals surface area contributed by atoms with Crippen LogP contribution in [-0.2, 0) is 11.2 Å². The molecular weight excluding hydrogens is 257 g/mol. The summed E-state index contributed by atoms with van der Waals surface area (Å²) >= 11 is 5.93. The fourth-order valence-corrected chi connectivity index (χ4v) is 1.93. The topological polar surface area (TPSA) is 50.2 Å². The second-order valence-corrected chi connectivity index (χ2v) is 4.10. The van der Waals surface area contributed by atoms with Crippen LogP contribution in [0.3, 0.4) is 0 Å². The van der Waals surface area contributed by atoms with Gasteiger partial charge in [-0.1, -0.05) is 29.8 Å². The van der Waals surface area contributed by atoms with Gasteiger partial charge in [-0.2, -0.15) is 0 Å². The van der Waals surface area contributed by atoms with Crippen molar-refractivity contribution in [2.45, 2.75) is 6.42 Å². The van der Waals surface area contributed by atoms with Gasteiger partial charge in [-0.15, -0.1) is 0 Å². The Kier molecular flexibility index (Phi) is 3.58. The summed E-state index contributed by atoms with van der Waals surface area (Å²) in [5, 5.41) is 9.08. The Bertz CT molecular complexity index is 601. The lowest BCUT2D eigenvalue weighted by atomic mass is 9.99. The average molecular weight is 266 g/mol. The van der Waals surface area contributed by atoms with Gasteiger partial charge in [0.05, 0.1) is 11.4 Å². The molecule has 0 radical (unpaired) electrons. The molecule has 5 heteroatoms. The first-order chi connectivity index (χ1) is 8.59. The van der Waals surface area contributed by atoms with E-state index in [1.165, 1.54) is 18.5 Å². The number of hydrogen-bond donors (Lipinski definition) is 1. The summed E-state index contributed by atoms with van der Waals surface area (Å²) in [6, 6.07) is 6.10. The van der Waals surface area contributed by atoms with Crippen molar-refractivity contribution in [2.24, 2.45) is 0 Å². The summed E-state index contributed by atoms with van der Waals surface area (Å²) in [6.45, 7) is 0. The molecule has 0 bridgehead atoms. The van der Waals surface area contributed by atoms with Gasteiger partial charge in [0.25, 0.3) is 0 Å². The second kappa shape index (κ2) is 5.14. The van der Waals surface area contributed by atoms with Gasteiger partial charge in [-0.3, -0.25) is 9.78 Å². The Morgan fingerprint density at radius 1 is 1.28 bits per heavy atom. The molecule has 0 saturated carbocycles. The minimum absolute atomic E-state index is 0.221. The number of aromatic nitrogens is 1. The highest BCUT2D eigenvalue weighted by Gasteiger charge is 2.15. The molecule has 0 unspecified atom stereocenters. The molecule has 2 aromatic rings. The molecule has 0 saturated heterocycles. The molecule has 1 aromatic heterocycles. The van der Waals surface area contributed by atoms with Crippen molar-refractivity contribution in [2.75, 3.05) is 0 Å². The van der Waals surface area contributed by atoms with Crippen molar-refractivity contribution in [1.29, 1.82) is 0 Å². The van der Waals surface area contributed by atoms with Gasteiger partial charge < -0.3 is 5.11 Å². The van der Waals surface area contributed by atoms with E-state index in [0.717, 1.165) is 0 Å². The first-order valence-electron chi connectivity index (χ1n) is 5.18. The number of carboxylic acids is 1. The molecule has 1 heterocycles. The smallest absolute Gasteiger partial charge is 0.307 e. The van der Waals surface area contributed by atoms with E-state index >= 15 is 0 Å². The zero-order valence-electron chi connectivity index (χ0n) is 9.23. The first-order valence-corrected chi connectivity index (χ1v) is 5.56. The molecule has 1 N–H and O–H groups in total. The molecular formula is C13H9ClFNO2. The third-order valence-electron chi connectivity index (χ3n) is 2.50. The maximum absolute atomic E-state index is 13.7. The second-order valence-electron chi connectivity index (χ2n) is 3.70. The molecule has 0 amide bonds. The van der Waals surface area contributed by atoms with Crippen LogP contribution in [0, 0.1) is 5.82 Å². The fourth-order valence-electron chi connectivity index (χ4n) is 1.70. The third-order valence-corrected chi connectivity index (χ3v) is 2.82. The van der Waals surface area contributed by atoms with E-state index in [1.54, 1.807) is 18.2 Å². The van der Waals surface area contributed by atoms with E-state index < -0.39 is 11.8 Å². The van der Waals surface area contributed by atoms with Crippen LogP contribution >= 0.6 is 11.6 Å². The van der Waals surface area contributed by atoms with Gasteiger partial charge in [-0.25, -0.2) is 4.39 Å². The lowest BCUT2D eigenvalue weighted by Gasteiger charge is -2.10. The minimum atomic E-state index is -1.03. The Morgan fingerprint density at radius 2 is 2.00 bits per heavy atom. The number of carboxylic acid groups (broad SMARTS) is 1. The van der Waals surface area contributed by atoms with Gasteiger partial charge in [0.1, 0.15) is 5.82 Å². The van der Waals surface area contributed by atoms with Crippen LogP contribution in [0.4, 0.5) is 4.39 Å². The SMILES string of the molecule is O=C(O)Cc1c(Cl)cncc1-c1ccccc1F. The number of aliphatic carboxylic acids is 1. The molecule has 1 aromatic carbocycles. The van der Waals surface area contributed by atoms with E-state index in [2.05, 4.69) is 4.98 Å². The summed E-state index contributed by atoms with van der Waals surface area (Å²) in [4.78, 5) is 14.7. The number of rotatable bonds is 3. The third kappa shape index (κ3) is 2.49. The van der Waals surface area contributed by atoms with Crippen LogP contribution in [0.1, 0.15) is 5.56 Å². The maximum Gasteiger partial charge on any atom is 0.307 e. The summed E-state index contributed by atoms with van der Waals surface area (Å²) in [5.74, 6) is -1.46. The molecule has 92 valence electrons. The lowest BCUT2D eigenvalue weighted by molar-refractivity contribution is -0.136. The van der Waals surface area contributed by atoms with Gasteiger partial charge in [-0.05, 0) is 11.6 Å². The molecule has 0 aliphatic heterocycles. The number of benzene rings is 1. The number of carbonyl (C=O) groups is 1. The number of hydrogen-bond acceptors (Lipinski definition) is 2. The summed E-state index contributed by atoms with van der Waals surface area (Å²) < 4.78 is 13.7. The molecule has 3 nitrogen and oxygen atoms in total. The quantitative estimate of drug-likeness (QED) is 0.927. The van der Waals surface area contributed by atoms with Gasteiger partial charge >= 0.3 is 5.97 Å². The van der Waals surface area contributed by atoms with Crippen molar-refractivity contribution in [3.63, 3.8) is 0 Å². The Labute approximate surface area is 108 Å². The molecule has 0 fully saturated rings. The highest BCUT2D eigenvalue weighted by atomic mass is 35.5. The molecule has 0 aliphatic carbocycles. The highest BCUT2D eigenvalue weighted by molar-refractivity contribution is 6.31. The van der Waals surface area contributed by atoms with Gasteiger partial charge in [0.2, 0.25) is 0 Å². The average Bonchev–Trinajstić information content (AvgIpc) is 2.32. The van der Waals surface area contributed by atoms with Gasteiger partial charge in [0.15, 0.2) is 0 Å². The highest BCUT2D eigenvalue weighted by Crippen LogP contribution is 2.30. The Hall–Kier alpha value is -1.94. The van der Waals surface area contributed by atoms with Crippen molar-refractivity contribution >= 4 is 17.6 Å². The molecule has 0 spiro atoms. The number of nitrogens with zero attached hydrogens (tertiary/aromatic N) is 1. The summed E-state index contributed by atoms with van der Waals surface area (Å²) in [6.07, 6.45) is 2.50. The van der Waals surface area contributed by atoms with Crippen molar-refractivity contribution in [3.8, 4) is 11.1 Å². The van der Waals surface area contributed by atoms with E-state index in [1.807, 2.05) is 0 Å². The number of pyridine rings is 1. The van der Waals surface area contributed by atoms with Crippen LogP contribution in [0.5, 0.6) is 0 Å². The fraction of sp³-hybridized carbons (Fsp3) is 0.0769.